The third-order valence-corrected chi connectivity index (χ3v) is 1.88. The molecule has 0 aromatic carbocycles. The van der Waals surface area contributed by atoms with Crippen molar-refractivity contribution in [3.05, 3.63) is 11.8 Å². The molecule has 1 aliphatic heterocycles. The van der Waals surface area contributed by atoms with E-state index in [1.54, 1.807) is 6.08 Å². The van der Waals surface area contributed by atoms with Gasteiger partial charge in [0, 0.05) is 13.0 Å². The Morgan fingerprint density at radius 1 is 1.62 bits per heavy atom. The molecule has 0 bridgehead atoms. The normalized spacial score (nSPS) is 24.6. The van der Waals surface area contributed by atoms with E-state index in [0.29, 0.717) is 31.0 Å². The molecule has 1 saturated heterocycles. The fourth-order valence-electron chi connectivity index (χ4n) is 1.28. The summed E-state index contributed by atoms with van der Waals surface area (Å²) in [6.45, 7) is 5.02. The molecule has 13 heavy (non-hydrogen) atoms. The highest BCUT2D eigenvalue weighted by Crippen LogP contribution is 2.11. The predicted molar refractivity (Wildman–Crippen MR) is 51.9 cm³/mol. The lowest BCUT2D eigenvalue weighted by atomic mass is 10.1. The number of nitrogens with zero attached hydrogens (tertiary/aromatic N) is 1. The maximum absolute atomic E-state index is 11.5. The van der Waals surface area contributed by atoms with Gasteiger partial charge >= 0.3 is 0 Å². The second kappa shape index (κ2) is 4.80. The number of allylic oxidation sites excluding steroid dienone is 2. The number of ketones is 1. The minimum atomic E-state index is 0.104. The van der Waals surface area contributed by atoms with Gasteiger partial charge in [0.05, 0.1) is 6.61 Å². The number of rotatable bonds is 1. The van der Waals surface area contributed by atoms with Crippen molar-refractivity contribution in [3.8, 4) is 0 Å². The monoisotopic (exact) mass is 181 g/mol. The summed E-state index contributed by atoms with van der Waals surface area (Å²) in [6, 6.07) is 0. The summed E-state index contributed by atoms with van der Waals surface area (Å²) >= 11 is 0. The van der Waals surface area contributed by atoms with Crippen LogP contribution in [0.4, 0.5) is 0 Å². The van der Waals surface area contributed by atoms with Crippen LogP contribution in [0.25, 0.3) is 0 Å². The lowest BCUT2D eigenvalue weighted by Gasteiger charge is -2.05. The molecular formula is C10H15NO2. The number of carbonyl (C=O) groups is 1. The molecule has 1 aliphatic rings. The van der Waals surface area contributed by atoms with Gasteiger partial charge in [-0.25, -0.2) is 0 Å². The zero-order valence-corrected chi connectivity index (χ0v) is 8.17. The van der Waals surface area contributed by atoms with Crippen molar-refractivity contribution >= 4 is 11.5 Å². The molecular weight excluding hydrogens is 166 g/mol. The first-order valence-electron chi connectivity index (χ1n) is 4.66. The first-order chi connectivity index (χ1) is 6.29. The Balaban J connectivity index is 2.92. The molecule has 1 rings (SSSR count). The van der Waals surface area contributed by atoms with E-state index in [1.165, 1.54) is 0 Å². The van der Waals surface area contributed by atoms with Crippen LogP contribution in [0.2, 0.25) is 0 Å². The maximum Gasteiger partial charge on any atom is 0.184 e. The summed E-state index contributed by atoms with van der Waals surface area (Å²) in [7, 11) is 0. The van der Waals surface area contributed by atoms with Crippen molar-refractivity contribution in [3.63, 3.8) is 0 Å². The number of ether oxygens (including phenoxy) is 1. The van der Waals surface area contributed by atoms with E-state index in [0.717, 1.165) is 6.42 Å². The van der Waals surface area contributed by atoms with Gasteiger partial charge in [-0.05, 0) is 26.3 Å². The van der Waals surface area contributed by atoms with Crippen molar-refractivity contribution in [1.82, 2.24) is 0 Å². The second-order valence-electron chi connectivity index (χ2n) is 2.85. The minimum Gasteiger partial charge on any atom is -0.492 e. The molecule has 0 aliphatic carbocycles. The molecule has 72 valence electrons. The van der Waals surface area contributed by atoms with Gasteiger partial charge in [0.2, 0.25) is 0 Å². The highest BCUT2D eigenvalue weighted by molar-refractivity contribution is 6.45. The van der Waals surface area contributed by atoms with Crippen molar-refractivity contribution in [2.75, 3.05) is 13.2 Å². The highest BCUT2D eigenvalue weighted by Gasteiger charge is 2.19. The van der Waals surface area contributed by atoms with Crippen LogP contribution in [-0.2, 0) is 9.53 Å². The number of hydrogen-bond donors (Lipinski definition) is 0. The van der Waals surface area contributed by atoms with Crippen LogP contribution in [0.1, 0.15) is 26.7 Å². The van der Waals surface area contributed by atoms with E-state index >= 15 is 0 Å². The van der Waals surface area contributed by atoms with Crippen LogP contribution in [0.5, 0.6) is 0 Å². The molecule has 3 nitrogen and oxygen atoms in total. The Hall–Kier alpha value is -1.12. The molecule has 0 atom stereocenters. The van der Waals surface area contributed by atoms with Crippen LogP contribution in [0, 0.1) is 0 Å². The second-order valence-corrected chi connectivity index (χ2v) is 2.85. The summed E-state index contributed by atoms with van der Waals surface area (Å²) < 4.78 is 5.40. The molecule has 0 spiro atoms. The zero-order valence-electron chi connectivity index (χ0n) is 8.17. The predicted octanol–water partition coefficient (Wildman–Crippen LogP) is 1.73. The lowest BCUT2D eigenvalue weighted by Crippen LogP contribution is -2.15. The van der Waals surface area contributed by atoms with Gasteiger partial charge in [-0.2, -0.15) is 0 Å². The van der Waals surface area contributed by atoms with Gasteiger partial charge in [-0.15, -0.1) is 0 Å². The van der Waals surface area contributed by atoms with Crippen LogP contribution >= 0.6 is 0 Å². The molecule has 0 amide bonds. The number of carbonyl (C=O) groups excluding carboxylic acids is 1. The van der Waals surface area contributed by atoms with Gasteiger partial charge < -0.3 is 4.74 Å². The summed E-state index contributed by atoms with van der Waals surface area (Å²) in [4.78, 5) is 15.7. The largest absolute Gasteiger partial charge is 0.492 e. The molecule has 3 heteroatoms. The number of Topliss-reactive ketones (excluding diaryl/α,β-unsaturated/α-hetero) is 1. The first-order valence-corrected chi connectivity index (χ1v) is 4.66. The van der Waals surface area contributed by atoms with Crippen LogP contribution in [0.15, 0.2) is 16.8 Å². The van der Waals surface area contributed by atoms with Crippen LogP contribution in [0.3, 0.4) is 0 Å². The van der Waals surface area contributed by atoms with E-state index in [1.807, 2.05) is 13.8 Å². The smallest absolute Gasteiger partial charge is 0.184 e. The summed E-state index contributed by atoms with van der Waals surface area (Å²) in [5.41, 5.74) is 0.516. The number of aliphatic imine (C=N–C) groups is 1. The molecule has 0 aromatic heterocycles. The van der Waals surface area contributed by atoms with Crippen molar-refractivity contribution in [1.29, 1.82) is 0 Å². The topological polar surface area (TPSA) is 38.7 Å². The minimum absolute atomic E-state index is 0.104. The molecule has 0 aromatic rings. The average Bonchev–Trinajstić information content (AvgIpc) is 2.30. The highest BCUT2D eigenvalue weighted by atomic mass is 16.5. The Bertz CT molecular complexity index is 254. The Labute approximate surface area is 78.5 Å². The summed E-state index contributed by atoms with van der Waals surface area (Å²) in [5.74, 6) is 0.747. The fourth-order valence-corrected chi connectivity index (χ4v) is 1.28. The van der Waals surface area contributed by atoms with Crippen molar-refractivity contribution in [2.24, 2.45) is 4.99 Å². The van der Waals surface area contributed by atoms with Crippen LogP contribution < -0.4 is 0 Å². The van der Waals surface area contributed by atoms with Gasteiger partial charge in [-0.3, -0.25) is 9.79 Å². The molecule has 0 radical (unpaired) electrons. The Morgan fingerprint density at radius 3 is 3.00 bits per heavy atom. The quantitative estimate of drug-likeness (QED) is 0.618. The van der Waals surface area contributed by atoms with Crippen molar-refractivity contribution in [2.45, 2.75) is 26.7 Å². The lowest BCUT2D eigenvalue weighted by molar-refractivity contribution is -0.112. The van der Waals surface area contributed by atoms with E-state index in [4.69, 9.17) is 4.74 Å². The third-order valence-electron chi connectivity index (χ3n) is 1.88. The molecule has 0 N–H and O–H groups in total. The maximum atomic E-state index is 11.5. The Kier molecular flexibility index (Phi) is 3.68. The van der Waals surface area contributed by atoms with Crippen molar-refractivity contribution < 1.29 is 9.53 Å². The van der Waals surface area contributed by atoms with E-state index in [2.05, 4.69) is 4.99 Å². The van der Waals surface area contributed by atoms with Gasteiger partial charge in [-0.1, -0.05) is 0 Å². The molecule has 0 unspecified atom stereocenters. The fraction of sp³-hybridized carbons (Fsp3) is 0.600. The van der Waals surface area contributed by atoms with Crippen LogP contribution in [-0.4, -0.2) is 24.6 Å². The third kappa shape index (κ3) is 2.41. The number of hydrogen-bond acceptors (Lipinski definition) is 3. The van der Waals surface area contributed by atoms with E-state index in [9.17, 15) is 4.79 Å². The average molecular weight is 181 g/mol. The SMILES string of the molecule is C/C=C1/OCCCC(=O)C1=NCC. The van der Waals surface area contributed by atoms with Gasteiger partial charge in [0.25, 0.3) is 0 Å². The van der Waals surface area contributed by atoms with Gasteiger partial charge in [0.15, 0.2) is 5.78 Å². The summed E-state index contributed by atoms with van der Waals surface area (Å²) in [5, 5.41) is 0. The molecule has 1 heterocycles. The zero-order chi connectivity index (χ0) is 9.68. The molecule has 0 saturated carbocycles. The van der Waals surface area contributed by atoms with E-state index in [-0.39, 0.29) is 5.78 Å². The standard InChI is InChI=1S/C10H15NO2/c1-3-9-10(11-4-2)8(12)6-5-7-13-9/h3H,4-7H2,1-2H3/b9-3+,11-10?. The summed E-state index contributed by atoms with van der Waals surface area (Å²) in [6.07, 6.45) is 3.15. The Morgan fingerprint density at radius 2 is 2.38 bits per heavy atom. The van der Waals surface area contributed by atoms with Gasteiger partial charge in [0.1, 0.15) is 11.5 Å². The molecule has 1 fully saturated rings. The first kappa shape index (κ1) is 9.96. The van der Waals surface area contributed by atoms with E-state index < -0.39 is 0 Å².